The van der Waals surface area contributed by atoms with Gasteiger partial charge in [0.2, 0.25) is 0 Å². The van der Waals surface area contributed by atoms with Crippen LogP contribution in [0.1, 0.15) is 29.3 Å². The monoisotopic (exact) mass is 324 g/mol. The number of benzene rings is 2. The number of rotatable bonds is 5. The molecule has 2 rings (SSSR count). The Labute approximate surface area is 140 Å². The predicted octanol–water partition coefficient (Wildman–Crippen LogP) is 2.67. The summed E-state index contributed by atoms with van der Waals surface area (Å²) in [5, 5.41) is 12.7. The highest BCUT2D eigenvalue weighted by molar-refractivity contribution is 5.98. The van der Waals surface area contributed by atoms with Gasteiger partial charge in [0, 0.05) is 11.3 Å². The molecule has 6 N–H and O–H groups in total. The minimum Gasteiger partial charge on any atom is -0.507 e. The number of guanidine groups is 1. The summed E-state index contributed by atoms with van der Waals surface area (Å²) in [6.07, 6.45) is 2.60. The normalized spacial score (nSPS) is 12.0. The Morgan fingerprint density at radius 2 is 1.92 bits per heavy atom. The average molecular weight is 324 g/mol. The van der Waals surface area contributed by atoms with Gasteiger partial charge >= 0.3 is 0 Å². The number of aliphatic imine (C=N–C) groups is 1. The van der Waals surface area contributed by atoms with E-state index in [-0.39, 0.29) is 17.3 Å². The number of carbonyl (C=O) groups excluding carboxylic acids is 1. The van der Waals surface area contributed by atoms with E-state index in [2.05, 4.69) is 10.3 Å². The van der Waals surface area contributed by atoms with Gasteiger partial charge in [0.25, 0.3) is 5.91 Å². The lowest BCUT2D eigenvalue weighted by Crippen LogP contribution is -2.22. The Kier molecular flexibility index (Phi) is 5.57. The maximum Gasteiger partial charge on any atom is 0.252 e. The Morgan fingerprint density at radius 1 is 1.21 bits per heavy atom. The molecule has 0 fully saturated rings. The number of aromatic hydroxyl groups is 1. The van der Waals surface area contributed by atoms with Crippen LogP contribution in [0.2, 0.25) is 0 Å². The van der Waals surface area contributed by atoms with Crippen molar-refractivity contribution in [3.63, 3.8) is 0 Å². The van der Waals surface area contributed by atoms with Gasteiger partial charge in [-0.05, 0) is 36.8 Å². The number of allylic oxidation sites excluding steroid dienone is 1. The van der Waals surface area contributed by atoms with Crippen molar-refractivity contribution in [1.29, 1.82) is 0 Å². The molecule has 0 bridgehead atoms. The summed E-state index contributed by atoms with van der Waals surface area (Å²) >= 11 is 0. The number of amides is 1. The third-order valence-corrected chi connectivity index (χ3v) is 3.24. The van der Waals surface area contributed by atoms with Gasteiger partial charge in [-0.3, -0.25) is 4.79 Å². The fraction of sp³-hybridized carbons (Fsp3) is 0.111. The second kappa shape index (κ2) is 7.82. The van der Waals surface area contributed by atoms with E-state index in [0.29, 0.717) is 11.3 Å². The van der Waals surface area contributed by atoms with Crippen molar-refractivity contribution in [2.45, 2.75) is 13.3 Å². The van der Waals surface area contributed by atoms with Gasteiger partial charge in [-0.25, -0.2) is 4.99 Å². The molecule has 0 aromatic heterocycles. The van der Waals surface area contributed by atoms with Gasteiger partial charge in [0.15, 0.2) is 5.96 Å². The molecular formula is C18H20N4O2. The Balaban J connectivity index is 2.33. The van der Waals surface area contributed by atoms with Crippen molar-refractivity contribution in [2.75, 3.05) is 5.32 Å². The number of anilines is 1. The van der Waals surface area contributed by atoms with E-state index in [9.17, 15) is 9.90 Å². The summed E-state index contributed by atoms with van der Waals surface area (Å²) in [6, 6.07) is 14.0. The summed E-state index contributed by atoms with van der Waals surface area (Å²) in [7, 11) is 0. The summed E-state index contributed by atoms with van der Waals surface area (Å²) in [4.78, 5) is 15.8. The van der Waals surface area contributed by atoms with Crippen molar-refractivity contribution >= 4 is 23.3 Å². The molecule has 2 aromatic carbocycles. The number of nitrogens with zero attached hydrogens (tertiary/aromatic N) is 1. The van der Waals surface area contributed by atoms with E-state index in [1.807, 2.05) is 43.3 Å². The van der Waals surface area contributed by atoms with Crippen molar-refractivity contribution in [3.8, 4) is 5.75 Å². The molecule has 0 radical (unpaired) electrons. The quantitative estimate of drug-likeness (QED) is 0.500. The number of para-hydroxylation sites is 1. The molecule has 0 saturated carbocycles. The second-order valence-electron chi connectivity index (χ2n) is 5.08. The van der Waals surface area contributed by atoms with Gasteiger partial charge in [-0.2, -0.15) is 0 Å². The molecule has 124 valence electrons. The smallest absolute Gasteiger partial charge is 0.252 e. The summed E-state index contributed by atoms with van der Waals surface area (Å²) in [5.41, 5.74) is 13.3. The Hall–Kier alpha value is -3.28. The summed E-state index contributed by atoms with van der Waals surface area (Å²) in [6.45, 7) is 1.96. The third kappa shape index (κ3) is 4.36. The molecule has 0 aliphatic carbocycles. The van der Waals surface area contributed by atoms with Crippen LogP contribution in [0.25, 0.3) is 5.70 Å². The standard InChI is InChI=1S/C18H20N4O2/c1-2-6-15(12-9-10-16(23)14(11-12)17(19)24)22-18(20)21-13-7-4-3-5-8-13/h3-11,23H,2H2,1H3,(H2,19,24)(H3,20,21,22)/b15-6-. The van der Waals surface area contributed by atoms with E-state index in [1.165, 1.54) is 12.1 Å². The van der Waals surface area contributed by atoms with Crippen LogP contribution in [-0.4, -0.2) is 17.0 Å². The highest BCUT2D eigenvalue weighted by Crippen LogP contribution is 2.24. The fourth-order valence-electron chi connectivity index (χ4n) is 2.14. The molecule has 0 atom stereocenters. The topological polar surface area (TPSA) is 114 Å². The van der Waals surface area contributed by atoms with Crippen molar-refractivity contribution < 1.29 is 9.90 Å². The molecule has 2 aromatic rings. The van der Waals surface area contributed by atoms with Crippen LogP contribution in [-0.2, 0) is 0 Å². The highest BCUT2D eigenvalue weighted by atomic mass is 16.3. The first kappa shape index (κ1) is 17.1. The van der Waals surface area contributed by atoms with Crippen LogP contribution in [0.15, 0.2) is 59.6 Å². The first-order chi connectivity index (χ1) is 11.5. The van der Waals surface area contributed by atoms with E-state index < -0.39 is 5.91 Å². The van der Waals surface area contributed by atoms with Crippen LogP contribution in [0.4, 0.5) is 5.69 Å². The van der Waals surface area contributed by atoms with Crippen LogP contribution in [0.3, 0.4) is 0 Å². The SMILES string of the molecule is CC/C=C(\N=C(N)Nc1ccccc1)c1ccc(O)c(C(N)=O)c1. The molecule has 0 unspecified atom stereocenters. The van der Waals surface area contributed by atoms with Crippen molar-refractivity contribution in [1.82, 2.24) is 0 Å². The number of primary amides is 1. The van der Waals surface area contributed by atoms with Gasteiger partial charge in [0.1, 0.15) is 5.75 Å². The highest BCUT2D eigenvalue weighted by Gasteiger charge is 2.10. The Bertz CT molecular complexity index is 783. The minimum absolute atomic E-state index is 0.0410. The maximum absolute atomic E-state index is 11.4. The number of hydrogen-bond donors (Lipinski definition) is 4. The van der Waals surface area contributed by atoms with Crippen molar-refractivity contribution in [2.24, 2.45) is 16.5 Å². The lowest BCUT2D eigenvalue weighted by atomic mass is 10.1. The molecular weight excluding hydrogens is 304 g/mol. The van der Waals surface area contributed by atoms with Gasteiger partial charge in [-0.1, -0.05) is 31.2 Å². The average Bonchev–Trinajstić information content (AvgIpc) is 2.55. The third-order valence-electron chi connectivity index (χ3n) is 3.24. The van der Waals surface area contributed by atoms with Gasteiger partial charge in [0.05, 0.1) is 11.3 Å². The molecule has 6 nitrogen and oxygen atoms in total. The number of nitrogens with one attached hydrogen (secondary N) is 1. The van der Waals surface area contributed by atoms with Crippen LogP contribution < -0.4 is 16.8 Å². The molecule has 1 amide bonds. The van der Waals surface area contributed by atoms with Crippen LogP contribution in [0.5, 0.6) is 5.75 Å². The zero-order valence-corrected chi connectivity index (χ0v) is 13.4. The Morgan fingerprint density at radius 3 is 2.54 bits per heavy atom. The second-order valence-corrected chi connectivity index (χ2v) is 5.08. The first-order valence-electron chi connectivity index (χ1n) is 7.51. The zero-order valence-electron chi connectivity index (χ0n) is 13.4. The molecule has 0 heterocycles. The molecule has 6 heteroatoms. The van der Waals surface area contributed by atoms with Gasteiger partial charge < -0.3 is 21.9 Å². The van der Waals surface area contributed by atoms with Crippen LogP contribution in [0, 0.1) is 0 Å². The number of nitrogens with two attached hydrogens (primary N) is 2. The lowest BCUT2D eigenvalue weighted by molar-refractivity contribution is 0.0997. The first-order valence-corrected chi connectivity index (χ1v) is 7.51. The minimum atomic E-state index is -0.704. The molecule has 0 aliphatic rings. The zero-order chi connectivity index (χ0) is 17.5. The van der Waals surface area contributed by atoms with E-state index in [4.69, 9.17) is 11.5 Å². The molecule has 0 aliphatic heterocycles. The number of phenols is 1. The molecule has 24 heavy (non-hydrogen) atoms. The lowest BCUT2D eigenvalue weighted by Gasteiger charge is -2.09. The summed E-state index contributed by atoms with van der Waals surface area (Å²) < 4.78 is 0. The number of hydrogen-bond acceptors (Lipinski definition) is 3. The van der Waals surface area contributed by atoms with E-state index in [1.54, 1.807) is 6.07 Å². The van der Waals surface area contributed by atoms with E-state index >= 15 is 0 Å². The maximum atomic E-state index is 11.4. The number of carbonyl (C=O) groups is 1. The van der Waals surface area contributed by atoms with Crippen molar-refractivity contribution in [3.05, 3.63) is 65.7 Å². The fourth-order valence-corrected chi connectivity index (χ4v) is 2.14. The van der Waals surface area contributed by atoms with Gasteiger partial charge in [-0.15, -0.1) is 0 Å². The van der Waals surface area contributed by atoms with E-state index in [0.717, 1.165) is 12.1 Å². The summed E-state index contributed by atoms with van der Waals surface area (Å²) in [5.74, 6) is -0.652. The molecule has 0 spiro atoms. The molecule has 0 saturated heterocycles. The predicted molar refractivity (Wildman–Crippen MR) is 96.6 cm³/mol. The van der Waals surface area contributed by atoms with Crippen LogP contribution >= 0.6 is 0 Å². The largest absolute Gasteiger partial charge is 0.507 e.